The highest BCUT2D eigenvalue weighted by Crippen LogP contribution is 2.54. The first kappa shape index (κ1) is 21.5. The minimum atomic E-state index is -1.96. The minimum Gasteiger partial charge on any atom is -0.411 e. The normalized spacial score (nSPS) is 37.4. The number of fused-ring (bicyclic) bond motifs is 1. The van der Waals surface area contributed by atoms with Gasteiger partial charge in [-0.15, -0.1) is 23.5 Å². The van der Waals surface area contributed by atoms with Crippen LogP contribution in [0.3, 0.4) is 0 Å². The number of hydrogen-bond donors (Lipinski definition) is 1. The van der Waals surface area contributed by atoms with Crippen molar-refractivity contribution in [2.75, 3.05) is 11.5 Å². The first-order chi connectivity index (χ1) is 11.8. The predicted molar refractivity (Wildman–Crippen MR) is 113 cm³/mol. The molecule has 0 radical (unpaired) electrons. The van der Waals surface area contributed by atoms with E-state index in [1.54, 1.807) is 0 Å². The van der Waals surface area contributed by atoms with Crippen LogP contribution in [-0.4, -0.2) is 59.2 Å². The van der Waals surface area contributed by atoms with Gasteiger partial charge in [-0.1, -0.05) is 20.8 Å². The molecule has 2 aliphatic heterocycles. The lowest BCUT2D eigenvalue weighted by molar-refractivity contribution is -0.162. The molecular formula is C19H36O4S2Si. The quantitative estimate of drug-likeness (QED) is 0.658. The molecule has 1 spiro atoms. The van der Waals surface area contributed by atoms with E-state index in [0.717, 1.165) is 24.3 Å². The second-order valence-electron chi connectivity index (χ2n) is 9.92. The van der Waals surface area contributed by atoms with E-state index in [0.29, 0.717) is 0 Å². The number of thioether (sulfide) groups is 2. The largest absolute Gasteiger partial charge is 0.411 e. The van der Waals surface area contributed by atoms with Crippen LogP contribution in [0, 0.1) is 0 Å². The van der Waals surface area contributed by atoms with Crippen LogP contribution in [0.15, 0.2) is 0 Å². The van der Waals surface area contributed by atoms with E-state index in [1.807, 2.05) is 37.4 Å². The number of rotatable bonds is 2. The van der Waals surface area contributed by atoms with Crippen molar-refractivity contribution in [1.82, 2.24) is 0 Å². The van der Waals surface area contributed by atoms with Gasteiger partial charge in [-0.05, 0) is 62.7 Å². The summed E-state index contributed by atoms with van der Waals surface area (Å²) in [6, 6.07) is 0. The van der Waals surface area contributed by atoms with E-state index >= 15 is 0 Å². The van der Waals surface area contributed by atoms with Gasteiger partial charge in [0.05, 0.1) is 16.3 Å². The van der Waals surface area contributed by atoms with Crippen LogP contribution in [0.2, 0.25) is 18.1 Å². The molecule has 4 atom stereocenters. The standard InChI is InChI=1S/C19H36O4S2Si/c1-17(2,3)26(6,7)23-14-12-19(24-9-8-10-25-19)11-13(20)15-16(14)22-18(4,5)21-15/h13-16,20H,8-12H2,1-7H3/t13-,14-,15-,16-/m1/s1. The lowest BCUT2D eigenvalue weighted by atomic mass is 10.1. The van der Waals surface area contributed by atoms with E-state index in [2.05, 4.69) is 33.9 Å². The van der Waals surface area contributed by atoms with Gasteiger partial charge in [0.25, 0.3) is 0 Å². The molecule has 0 amide bonds. The molecule has 26 heavy (non-hydrogen) atoms. The smallest absolute Gasteiger partial charge is 0.192 e. The molecule has 3 aliphatic rings. The first-order valence-electron chi connectivity index (χ1n) is 9.84. The Kier molecular flexibility index (Phi) is 5.96. The van der Waals surface area contributed by atoms with Gasteiger partial charge in [0, 0.05) is 0 Å². The average Bonchev–Trinajstić information content (AvgIpc) is 2.78. The Bertz CT molecular complexity index is 514. The van der Waals surface area contributed by atoms with Crippen molar-refractivity contribution in [2.24, 2.45) is 0 Å². The summed E-state index contributed by atoms with van der Waals surface area (Å²) in [6.07, 6.45) is 1.88. The zero-order valence-corrected chi connectivity index (χ0v) is 20.0. The lowest BCUT2D eigenvalue weighted by Gasteiger charge is -2.43. The molecule has 3 fully saturated rings. The van der Waals surface area contributed by atoms with Crippen LogP contribution in [0.4, 0.5) is 0 Å². The maximum Gasteiger partial charge on any atom is 0.192 e. The van der Waals surface area contributed by atoms with Gasteiger partial charge in [0.15, 0.2) is 14.1 Å². The van der Waals surface area contributed by atoms with Crippen molar-refractivity contribution in [3.8, 4) is 0 Å². The summed E-state index contributed by atoms with van der Waals surface area (Å²) in [5.74, 6) is 1.66. The van der Waals surface area contributed by atoms with Gasteiger partial charge in [0.2, 0.25) is 0 Å². The highest BCUT2D eigenvalue weighted by Gasteiger charge is 2.56. The molecule has 2 saturated heterocycles. The molecule has 3 rings (SSSR count). The van der Waals surface area contributed by atoms with Gasteiger partial charge < -0.3 is 19.0 Å². The maximum atomic E-state index is 11.0. The summed E-state index contributed by atoms with van der Waals surface area (Å²) >= 11 is 4.01. The van der Waals surface area contributed by atoms with E-state index in [4.69, 9.17) is 13.9 Å². The molecule has 4 nitrogen and oxygen atoms in total. The molecule has 1 saturated carbocycles. The van der Waals surface area contributed by atoms with E-state index < -0.39 is 20.2 Å². The molecule has 7 heteroatoms. The summed E-state index contributed by atoms with van der Waals surface area (Å²) in [7, 11) is -1.96. The van der Waals surface area contributed by atoms with Crippen LogP contribution >= 0.6 is 23.5 Å². The summed E-state index contributed by atoms with van der Waals surface area (Å²) in [5, 5.41) is 11.2. The second-order valence-corrected chi connectivity index (χ2v) is 17.9. The maximum absolute atomic E-state index is 11.0. The fourth-order valence-electron chi connectivity index (χ4n) is 3.86. The zero-order valence-electron chi connectivity index (χ0n) is 17.3. The Balaban J connectivity index is 1.91. The fourth-order valence-corrected chi connectivity index (χ4v) is 8.67. The topological polar surface area (TPSA) is 47.9 Å². The molecule has 1 aliphatic carbocycles. The van der Waals surface area contributed by atoms with Crippen LogP contribution in [0.5, 0.6) is 0 Å². The summed E-state index contributed by atoms with van der Waals surface area (Å²) in [4.78, 5) is 0. The van der Waals surface area contributed by atoms with Crippen molar-refractivity contribution < 1.29 is 19.0 Å². The third-order valence-electron chi connectivity index (χ3n) is 6.21. The molecule has 0 aromatic heterocycles. The molecule has 0 aromatic rings. The van der Waals surface area contributed by atoms with E-state index in [1.165, 1.54) is 6.42 Å². The number of aliphatic hydroxyl groups is 1. The highest BCUT2D eigenvalue weighted by atomic mass is 32.2. The van der Waals surface area contributed by atoms with Crippen molar-refractivity contribution in [2.45, 2.75) is 106 Å². The Morgan fingerprint density at radius 1 is 1.04 bits per heavy atom. The SMILES string of the molecule is CC1(C)O[C@H]2[C@H](O1)[C@H](O[Si](C)(C)C(C)(C)C)CC1(C[C@H]2O)SCCCS1. The summed E-state index contributed by atoms with van der Waals surface area (Å²) < 4.78 is 19.4. The summed E-state index contributed by atoms with van der Waals surface area (Å²) in [6.45, 7) is 15.3. The number of ether oxygens (including phenoxy) is 2. The zero-order chi connectivity index (χ0) is 19.4. The molecule has 0 bridgehead atoms. The molecule has 1 N–H and O–H groups in total. The first-order valence-corrected chi connectivity index (χ1v) is 14.7. The van der Waals surface area contributed by atoms with Gasteiger partial charge in [0.1, 0.15) is 12.2 Å². The Morgan fingerprint density at radius 2 is 1.62 bits per heavy atom. The van der Waals surface area contributed by atoms with Crippen LogP contribution < -0.4 is 0 Å². The van der Waals surface area contributed by atoms with Crippen LogP contribution in [-0.2, 0) is 13.9 Å². The Hall–Kier alpha value is 0.757. The predicted octanol–water partition coefficient (Wildman–Crippen LogP) is 4.62. The van der Waals surface area contributed by atoms with E-state index in [-0.39, 0.29) is 27.4 Å². The van der Waals surface area contributed by atoms with Crippen molar-refractivity contribution in [1.29, 1.82) is 0 Å². The Morgan fingerprint density at radius 3 is 2.19 bits per heavy atom. The van der Waals surface area contributed by atoms with Gasteiger partial charge in [-0.2, -0.15) is 0 Å². The third-order valence-corrected chi connectivity index (χ3v) is 14.1. The third kappa shape index (κ3) is 4.34. The lowest BCUT2D eigenvalue weighted by Crippen LogP contribution is -2.50. The molecule has 2 heterocycles. The van der Waals surface area contributed by atoms with Crippen molar-refractivity contribution in [3.05, 3.63) is 0 Å². The van der Waals surface area contributed by atoms with Gasteiger partial charge in [-0.3, -0.25) is 0 Å². The van der Waals surface area contributed by atoms with E-state index in [9.17, 15) is 5.11 Å². The molecular weight excluding hydrogens is 384 g/mol. The fraction of sp³-hybridized carbons (Fsp3) is 1.00. The van der Waals surface area contributed by atoms with Crippen molar-refractivity contribution in [3.63, 3.8) is 0 Å². The van der Waals surface area contributed by atoms with Crippen LogP contribution in [0.25, 0.3) is 0 Å². The molecule has 152 valence electrons. The molecule has 0 unspecified atom stereocenters. The van der Waals surface area contributed by atoms with Gasteiger partial charge in [-0.25, -0.2) is 0 Å². The number of aliphatic hydroxyl groups excluding tert-OH is 1. The second kappa shape index (κ2) is 7.22. The monoisotopic (exact) mass is 420 g/mol. The Labute approximate surface area is 168 Å². The molecule has 0 aromatic carbocycles. The summed E-state index contributed by atoms with van der Waals surface area (Å²) in [5.41, 5.74) is 0. The van der Waals surface area contributed by atoms with Crippen molar-refractivity contribution >= 4 is 31.8 Å². The number of hydrogen-bond acceptors (Lipinski definition) is 6. The van der Waals surface area contributed by atoms with Crippen LogP contribution in [0.1, 0.15) is 53.9 Å². The minimum absolute atomic E-state index is 0.0197. The average molecular weight is 421 g/mol. The highest BCUT2D eigenvalue weighted by molar-refractivity contribution is 8.18. The van der Waals surface area contributed by atoms with Gasteiger partial charge >= 0.3 is 0 Å².